The van der Waals surface area contributed by atoms with Crippen LogP contribution in [0.1, 0.15) is 12.8 Å². The molecule has 0 saturated carbocycles. The zero-order valence-corrected chi connectivity index (χ0v) is 6.77. The van der Waals surface area contributed by atoms with E-state index in [9.17, 15) is 0 Å². The zero-order chi connectivity index (χ0) is 5.11. The summed E-state index contributed by atoms with van der Waals surface area (Å²) in [7, 11) is -0.745. The van der Waals surface area contributed by atoms with Gasteiger partial charge >= 0.3 is 0 Å². The van der Waals surface area contributed by atoms with Crippen molar-refractivity contribution in [1.82, 2.24) is 0 Å². The van der Waals surface area contributed by atoms with Crippen LogP contribution < -0.4 is 0 Å². The monoisotopic (exact) mass is 130 g/mol. The van der Waals surface area contributed by atoms with Crippen LogP contribution in [-0.2, 0) is 0 Å². The fraction of sp³-hybridized carbons (Fsp3) is 0.750. The lowest BCUT2D eigenvalue weighted by atomic mass is 10.4. The maximum absolute atomic E-state index is 8.72. The third-order valence-electron chi connectivity index (χ3n) is 1.34. The van der Waals surface area contributed by atoms with Crippen LogP contribution in [0, 0.1) is 0 Å². The molecule has 40 valence electrons. The Morgan fingerprint density at radius 3 is 2.86 bits per heavy atom. The first kappa shape index (κ1) is 5.40. The summed E-state index contributed by atoms with van der Waals surface area (Å²) in [6.45, 7) is 0. The molecule has 0 aliphatic carbocycles. The van der Waals surface area contributed by atoms with E-state index >= 15 is 0 Å². The first-order chi connectivity index (χ1) is 3.43. The topological polar surface area (TPSA) is 20.2 Å². The van der Waals surface area contributed by atoms with Crippen molar-refractivity contribution in [1.29, 1.82) is 0 Å². The van der Waals surface area contributed by atoms with Gasteiger partial charge in [0.2, 0.25) is 0 Å². The van der Waals surface area contributed by atoms with E-state index in [0.29, 0.717) is 0 Å². The van der Waals surface area contributed by atoms with E-state index < -0.39 is 9.28 Å². The smallest absolute Gasteiger partial charge is 0.162 e. The Labute approximate surface area is 47.3 Å². The summed E-state index contributed by atoms with van der Waals surface area (Å²) in [5.74, 6) is 0. The van der Waals surface area contributed by atoms with Crippen molar-refractivity contribution in [3.63, 3.8) is 0 Å². The standard InChI is InChI=1S/C4H10OSi2/c5-6-7-3-1-2-4-7/h3,5H,1-2,4,6H2. The molecule has 0 fully saturated rings. The molecular weight excluding hydrogens is 120 g/mol. The molecule has 0 radical (unpaired) electrons. The Hall–Kier alpha value is 0.264. The molecule has 0 aromatic heterocycles. The van der Waals surface area contributed by atoms with Crippen LogP contribution >= 0.6 is 0 Å². The SMILES string of the molecule is O[SiH2][Si]1=CCCC1. The molecule has 0 amide bonds. The van der Waals surface area contributed by atoms with Crippen LogP contribution in [0.2, 0.25) is 6.04 Å². The first-order valence-corrected chi connectivity index (χ1v) is 7.47. The van der Waals surface area contributed by atoms with Crippen LogP contribution in [-0.4, -0.2) is 27.7 Å². The average Bonchev–Trinajstić information content (AvgIpc) is 2.14. The first-order valence-electron chi connectivity index (χ1n) is 2.72. The van der Waals surface area contributed by atoms with Gasteiger partial charge in [0.1, 0.15) is 0 Å². The van der Waals surface area contributed by atoms with Crippen LogP contribution in [0.25, 0.3) is 0 Å². The van der Waals surface area contributed by atoms with E-state index in [-0.39, 0.29) is 7.93 Å². The highest BCUT2D eigenvalue weighted by atomic mass is 29.2. The highest BCUT2D eigenvalue weighted by Crippen LogP contribution is 2.00. The van der Waals surface area contributed by atoms with Crippen molar-refractivity contribution in [2.75, 3.05) is 0 Å². The van der Waals surface area contributed by atoms with Gasteiger partial charge in [0, 0.05) is 7.93 Å². The minimum Gasteiger partial charge on any atom is -0.438 e. The molecule has 0 unspecified atom stereocenters. The van der Waals surface area contributed by atoms with Crippen LogP contribution in [0.3, 0.4) is 0 Å². The summed E-state index contributed by atoms with van der Waals surface area (Å²) in [5.41, 5.74) is 2.37. The summed E-state index contributed by atoms with van der Waals surface area (Å²) in [4.78, 5) is 8.72. The number of hydrogen-bond acceptors (Lipinski definition) is 1. The minimum atomic E-state index is -0.563. The Morgan fingerprint density at radius 1 is 1.71 bits per heavy atom. The second-order valence-corrected chi connectivity index (χ2v) is 8.13. The Balaban J connectivity index is 2.36. The fourth-order valence-electron chi connectivity index (χ4n) is 0.881. The molecule has 0 bridgehead atoms. The Bertz CT molecular complexity index is 89.7. The van der Waals surface area contributed by atoms with E-state index in [0.717, 1.165) is 0 Å². The summed E-state index contributed by atoms with van der Waals surface area (Å²) in [5, 5.41) is 0. The van der Waals surface area contributed by atoms with E-state index in [1.165, 1.54) is 18.9 Å². The lowest BCUT2D eigenvalue weighted by molar-refractivity contribution is 0.620. The molecule has 7 heavy (non-hydrogen) atoms. The predicted molar refractivity (Wildman–Crippen MR) is 36.6 cm³/mol. The summed E-state index contributed by atoms with van der Waals surface area (Å²) in [6.07, 6.45) is 2.66. The maximum Gasteiger partial charge on any atom is 0.162 e. The highest BCUT2D eigenvalue weighted by molar-refractivity contribution is 7.11. The van der Waals surface area contributed by atoms with Crippen molar-refractivity contribution >= 4 is 22.9 Å². The van der Waals surface area contributed by atoms with Gasteiger partial charge in [-0.1, -0.05) is 0 Å². The van der Waals surface area contributed by atoms with Gasteiger partial charge in [-0.2, -0.15) is 0 Å². The van der Waals surface area contributed by atoms with E-state index in [4.69, 9.17) is 4.80 Å². The molecule has 0 aromatic carbocycles. The molecular formula is C4H10OSi2. The second kappa shape index (κ2) is 2.54. The van der Waals surface area contributed by atoms with Crippen LogP contribution in [0.15, 0.2) is 0 Å². The van der Waals surface area contributed by atoms with E-state index in [1.807, 2.05) is 0 Å². The molecule has 1 aliphatic heterocycles. The van der Waals surface area contributed by atoms with Gasteiger partial charge in [-0.05, 0) is 18.9 Å². The largest absolute Gasteiger partial charge is 0.438 e. The third kappa shape index (κ3) is 1.33. The summed E-state index contributed by atoms with van der Waals surface area (Å²) in [6, 6.07) is 1.37. The zero-order valence-electron chi connectivity index (χ0n) is 4.35. The maximum atomic E-state index is 8.72. The predicted octanol–water partition coefficient (Wildman–Crippen LogP) is -0.768. The number of hydrogen-bond donors (Lipinski definition) is 1. The van der Waals surface area contributed by atoms with Crippen molar-refractivity contribution in [3.05, 3.63) is 0 Å². The van der Waals surface area contributed by atoms with Crippen LogP contribution in [0.4, 0.5) is 0 Å². The molecule has 3 heteroatoms. The molecule has 1 aliphatic rings. The van der Waals surface area contributed by atoms with Gasteiger partial charge in [0.05, 0.1) is 0 Å². The van der Waals surface area contributed by atoms with Gasteiger partial charge in [-0.25, -0.2) is 0 Å². The molecule has 1 N–H and O–H groups in total. The quantitative estimate of drug-likeness (QED) is 0.462. The molecule has 1 rings (SSSR count). The highest BCUT2D eigenvalue weighted by Gasteiger charge is 2.02. The van der Waals surface area contributed by atoms with E-state index in [1.54, 1.807) is 0 Å². The van der Waals surface area contributed by atoms with Gasteiger partial charge in [0.25, 0.3) is 0 Å². The van der Waals surface area contributed by atoms with Crippen molar-refractivity contribution in [3.8, 4) is 0 Å². The Kier molecular flexibility index (Phi) is 1.96. The Morgan fingerprint density at radius 2 is 2.57 bits per heavy atom. The van der Waals surface area contributed by atoms with Gasteiger partial charge in [-0.3, -0.25) is 0 Å². The third-order valence-corrected chi connectivity index (χ3v) is 6.75. The average molecular weight is 130 g/mol. The van der Waals surface area contributed by atoms with Crippen molar-refractivity contribution in [2.24, 2.45) is 0 Å². The summed E-state index contributed by atoms with van der Waals surface area (Å²) >= 11 is 0. The fourth-order valence-corrected chi connectivity index (χ4v) is 4.87. The summed E-state index contributed by atoms with van der Waals surface area (Å²) < 4.78 is 0. The second-order valence-electron chi connectivity index (χ2n) is 1.91. The molecule has 1 nitrogen and oxygen atoms in total. The lowest BCUT2D eigenvalue weighted by Gasteiger charge is -1.84. The molecule has 1 heterocycles. The number of rotatable bonds is 1. The molecule has 0 atom stereocenters. The molecule has 0 saturated heterocycles. The molecule has 0 spiro atoms. The normalized spacial score (nSPS) is 21.6. The van der Waals surface area contributed by atoms with E-state index in [2.05, 4.69) is 5.67 Å². The van der Waals surface area contributed by atoms with Crippen LogP contribution in [0.5, 0.6) is 0 Å². The van der Waals surface area contributed by atoms with Crippen molar-refractivity contribution < 1.29 is 4.80 Å². The minimum absolute atomic E-state index is 0.182. The van der Waals surface area contributed by atoms with Crippen molar-refractivity contribution in [2.45, 2.75) is 18.9 Å². The molecule has 0 aromatic rings. The van der Waals surface area contributed by atoms with Gasteiger partial charge in [0.15, 0.2) is 9.28 Å². The van der Waals surface area contributed by atoms with Gasteiger partial charge < -0.3 is 4.80 Å². The lowest BCUT2D eigenvalue weighted by Crippen LogP contribution is -2.09. The van der Waals surface area contributed by atoms with Gasteiger partial charge in [-0.15, -0.1) is 5.67 Å².